The van der Waals surface area contributed by atoms with Crippen LogP contribution in [0.1, 0.15) is 12.5 Å². The highest BCUT2D eigenvalue weighted by Gasteiger charge is 1.99. The molecule has 0 aromatic heterocycles. The Balaban J connectivity index is 3.17. The summed E-state index contributed by atoms with van der Waals surface area (Å²) in [5.74, 6) is -0.0463. The first-order chi connectivity index (χ1) is 4.75. The summed E-state index contributed by atoms with van der Waals surface area (Å²) in [7, 11) is 0.944. The van der Waals surface area contributed by atoms with Gasteiger partial charge in [-0.3, -0.25) is 0 Å². The molecule has 0 aliphatic carbocycles. The van der Waals surface area contributed by atoms with Crippen molar-refractivity contribution in [3.63, 3.8) is 0 Å². The summed E-state index contributed by atoms with van der Waals surface area (Å²) in [6.45, 7) is 1.99. The summed E-state index contributed by atoms with van der Waals surface area (Å²) >= 11 is 0. The van der Waals surface area contributed by atoms with Crippen LogP contribution in [0.3, 0.4) is 0 Å². The van der Waals surface area contributed by atoms with Gasteiger partial charge in [-0.25, -0.2) is 4.39 Å². The van der Waals surface area contributed by atoms with E-state index in [4.69, 9.17) is 0 Å². The van der Waals surface area contributed by atoms with Crippen LogP contribution in [0.25, 0.3) is 0 Å². The molecule has 0 nitrogen and oxygen atoms in total. The Labute approximate surface area is 63.5 Å². The van der Waals surface area contributed by atoms with Crippen molar-refractivity contribution in [3.05, 3.63) is 29.6 Å². The molecule has 10 heavy (non-hydrogen) atoms. The number of halogens is 1. The Morgan fingerprint density at radius 2 is 2.20 bits per heavy atom. The van der Waals surface area contributed by atoms with Crippen LogP contribution in [0.5, 0.6) is 0 Å². The van der Waals surface area contributed by atoms with E-state index in [1.54, 1.807) is 6.07 Å². The van der Waals surface area contributed by atoms with Gasteiger partial charge in [0.1, 0.15) is 5.82 Å². The predicted molar refractivity (Wildman–Crippen MR) is 45.4 cm³/mol. The van der Waals surface area contributed by atoms with E-state index in [2.05, 4.69) is 0 Å². The fraction of sp³-hybridized carbons (Fsp3) is 0.250. The summed E-state index contributed by atoms with van der Waals surface area (Å²) in [4.78, 5) is 0. The van der Waals surface area contributed by atoms with Crippen LogP contribution >= 0.6 is 0 Å². The van der Waals surface area contributed by atoms with Gasteiger partial charge in [-0.15, -0.1) is 0 Å². The molecule has 1 aromatic carbocycles. The molecule has 1 aromatic rings. The zero-order chi connectivity index (χ0) is 7.56. The van der Waals surface area contributed by atoms with E-state index >= 15 is 0 Å². The van der Waals surface area contributed by atoms with Gasteiger partial charge in [0.25, 0.3) is 0 Å². The normalized spacial score (nSPS) is 10.2. The lowest BCUT2D eigenvalue weighted by molar-refractivity contribution is 0.614. The fourth-order valence-electron chi connectivity index (χ4n) is 1.11. The molecule has 0 aliphatic rings. The second kappa shape index (κ2) is 2.97. The first-order valence-electron chi connectivity index (χ1n) is 3.49. The molecular formula is C8H11FSi. The van der Waals surface area contributed by atoms with Crippen molar-refractivity contribution in [2.75, 3.05) is 0 Å². The van der Waals surface area contributed by atoms with Gasteiger partial charge in [-0.05, 0) is 18.1 Å². The summed E-state index contributed by atoms with van der Waals surface area (Å²) < 4.78 is 12.9. The largest absolute Gasteiger partial charge is 0.207 e. The molecule has 0 spiro atoms. The number of rotatable bonds is 1. The van der Waals surface area contributed by atoms with E-state index in [1.165, 1.54) is 11.3 Å². The summed E-state index contributed by atoms with van der Waals surface area (Å²) in [6, 6.07) is 5.30. The maximum atomic E-state index is 12.9. The summed E-state index contributed by atoms with van der Waals surface area (Å²) in [6.07, 6.45) is 0.811. The van der Waals surface area contributed by atoms with Crippen LogP contribution in [-0.2, 0) is 6.42 Å². The zero-order valence-corrected chi connectivity index (χ0v) is 8.32. The minimum absolute atomic E-state index is 0.0463. The van der Waals surface area contributed by atoms with Gasteiger partial charge in [-0.2, -0.15) is 0 Å². The highest BCUT2D eigenvalue weighted by molar-refractivity contribution is 6.33. The lowest BCUT2D eigenvalue weighted by Gasteiger charge is -2.01. The third kappa shape index (κ3) is 1.26. The Morgan fingerprint density at radius 3 is 2.60 bits per heavy atom. The van der Waals surface area contributed by atoms with Gasteiger partial charge in [0, 0.05) is 10.2 Å². The molecular weight excluding hydrogens is 143 g/mol. The van der Waals surface area contributed by atoms with Gasteiger partial charge in [-0.1, -0.05) is 24.2 Å². The van der Waals surface area contributed by atoms with Gasteiger partial charge in [0.15, 0.2) is 0 Å². The van der Waals surface area contributed by atoms with Crippen LogP contribution in [0.4, 0.5) is 4.39 Å². The molecule has 0 N–H and O–H groups in total. The molecule has 0 atom stereocenters. The average Bonchev–Trinajstić information content (AvgIpc) is 1.88. The van der Waals surface area contributed by atoms with Crippen molar-refractivity contribution in [2.24, 2.45) is 0 Å². The molecule has 0 fully saturated rings. The average molecular weight is 154 g/mol. The molecule has 0 amide bonds. The Hall–Kier alpha value is -0.633. The van der Waals surface area contributed by atoms with Gasteiger partial charge in [0.05, 0.1) is 0 Å². The quantitative estimate of drug-likeness (QED) is 0.513. The Kier molecular flexibility index (Phi) is 2.22. The molecule has 0 heterocycles. The van der Waals surface area contributed by atoms with Crippen molar-refractivity contribution in [2.45, 2.75) is 13.3 Å². The number of hydrogen-bond acceptors (Lipinski definition) is 0. The maximum absolute atomic E-state index is 12.9. The monoisotopic (exact) mass is 154 g/mol. The minimum Gasteiger partial charge on any atom is -0.207 e. The van der Waals surface area contributed by atoms with E-state index in [0.29, 0.717) is 0 Å². The van der Waals surface area contributed by atoms with Gasteiger partial charge in [0.2, 0.25) is 0 Å². The first-order valence-corrected chi connectivity index (χ1v) is 4.49. The highest BCUT2D eigenvalue weighted by Crippen LogP contribution is 2.02. The van der Waals surface area contributed by atoms with Crippen molar-refractivity contribution in [3.8, 4) is 0 Å². The molecule has 0 bridgehead atoms. The van der Waals surface area contributed by atoms with Gasteiger partial charge < -0.3 is 0 Å². The molecule has 2 heteroatoms. The zero-order valence-electron chi connectivity index (χ0n) is 6.32. The minimum atomic E-state index is -0.0463. The van der Waals surface area contributed by atoms with Crippen molar-refractivity contribution in [1.82, 2.24) is 0 Å². The molecule has 1 rings (SSSR count). The van der Waals surface area contributed by atoms with Crippen LogP contribution in [0.15, 0.2) is 18.2 Å². The maximum Gasteiger partial charge on any atom is 0.126 e. The summed E-state index contributed by atoms with van der Waals surface area (Å²) in [5, 5.41) is 1.18. The lowest BCUT2D eigenvalue weighted by atomic mass is 10.1. The van der Waals surface area contributed by atoms with E-state index < -0.39 is 0 Å². The molecule has 0 unspecified atom stereocenters. The third-order valence-electron chi connectivity index (χ3n) is 1.71. The van der Waals surface area contributed by atoms with Gasteiger partial charge >= 0.3 is 0 Å². The van der Waals surface area contributed by atoms with Crippen molar-refractivity contribution >= 4 is 15.4 Å². The van der Waals surface area contributed by atoms with E-state index in [-0.39, 0.29) is 5.82 Å². The fourth-order valence-corrected chi connectivity index (χ4v) is 1.90. The first kappa shape index (κ1) is 7.47. The Morgan fingerprint density at radius 1 is 1.50 bits per heavy atom. The molecule has 0 aliphatic heterocycles. The van der Waals surface area contributed by atoms with Crippen LogP contribution in [0, 0.1) is 5.82 Å². The number of hydrogen-bond donors (Lipinski definition) is 0. The summed E-state index contributed by atoms with van der Waals surface area (Å²) in [5.41, 5.74) is 0.897. The third-order valence-corrected chi connectivity index (χ3v) is 2.64. The van der Waals surface area contributed by atoms with Crippen LogP contribution in [-0.4, -0.2) is 10.2 Å². The predicted octanol–water partition coefficient (Wildman–Crippen LogP) is 0.379. The molecule has 0 saturated carbocycles. The van der Waals surface area contributed by atoms with E-state index in [1.807, 2.05) is 13.0 Å². The van der Waals surface area contributed by atoms with Crippen LogP contribution in [0.2, 0.25) is 0 Å². The molecule has 0 radical (unpaired) electrons. The lowest BCUT2D eigenvalue weighted by Crippen LogP contribution is -2.11. The topological polar surface area (TPSA) is 0 Å². The van der Waals surface area contributed by atoms with Crippen molar-refractivity contribution < 1.29 is 4.39 Å². The SMILES string of the molecule is CCc1c(F)cccc1[SiH3]. The van der Waals surface area contributed by atoms with Crippen molar-refractivity contribution in [1.29, 1.82) is 0 Å². The molecule has 54 valence electrons. The molecule has 0 saturated heterocycles. The second-order valence-electron chi connectivity index (χ2n) is 2.39. The number of benzene rings is 1. The highest BCUT2D eigenvalue weighted by atomic mass is 28.1. The second-order valence-corrected chi connectivity index (χ2v) is 3.47. The van der Waals surface area contributed by atoms with E-state index in [0.717, 1.165) is 22.2 Å². The standard InChI is InChI=1S/C8H11FSi/c1-2-6-7(9)4-3-5-8(6)10/h3-5H,2H2,1,10H3. The Bertz CT molecular complexity index is 212. The smallest absolute Gasteiger partial charge is 0.126 e. The van der Waals surface area contributed by atoms with Crippen LogP contribution < -0.4 is 5.19 Å². The van der Waals surface area contributed by atoms with E-state index in [9.17, 15) is 4.39 Å².